The maximum absolute atomic E-state index is 13.7. The summed E-state index contributed by atoms with van der Waals surface area (Å²) in [6.45, 7) is 5.04. The van der Waals surface area contributed by atoms with Crippen LogP contribution in [0.2, 0.25) is 0 Å². The average Bonchev–Trinajstić information content (AvgIpc) is 3.31. The van der Waals surface area contributed by atoms with Crippen LogP contribution in [0.15, 0.2) is 24.3 Å². The van der Waals surface area contributed by atoms with Crippen molar-refractivity contribution < 1.29 is 14.0 Å². The van der Waals surface area contributed by atoms with Crippen LogP contribution in [-0.4, -0.2) is 53.0 Å². The molecule has 3 aliphatic rings. The zero-order valence-corrected chi connectivity index (χ0v) is 16.6. The summed E-state index contributed by atoms with van der Waals surface area (Å²) in [5.74, 6) is -0.254. The molecular formula is C22H30FN3O2. The zero-order valence-electron chi connectivity index (χ0n) is 16.6. The minimum atomic E-state index is -0.905. The molecule has 1 aliphatic carbocycles. The molecule has 3 amide bonds. The summed E-state index contributed by atoms with van der Waals surface area (Å²) in [5, 5.41) is 3.13. The van der Waals surface area contributed by atoms with Crippen molar-refractivity contribution in [2.24, 2.45) is 5.92 Å². The van der Waals surface area contributed by atoms with E-state index in [2.05, 4.69) is 17.1 Å². The SMILES string of the molecule is CCN1CCC([C@@]2(Cc3ccc(F)cc3)NC(=O)N(C3CCCC3)C2=O)CC1. The summed E-state index contributed by atoms with van der Waals surface area (Å²) < 4.78 is 13.4. The van der Waals surface area contributed by atoms with E-state index >= 15 is 0 Å². The predicted octanol–water partition coefficient (Wildman–Crippen LogP) is 3.33. The van der Waals surface area contributed by atoms with Gasteiger partial charge in [0.15, 0.2) is 0 Å². The first-order valence-corrected chi connectivity index (χ1v) is 10.7. The molecule has 5 nitrogen and oxygen atoms in total. The Morgan fingerprint density at radius 3 is 2.32 bits per heavy atom. The Labute approximate surface area is 166 Å². The van der Waals surface area contributed by atoms with Gasteiger partial charge in [-0.3, -0.25) is 9.69 Å². The van der Waals surface area contributed by atoms with Crippen molar-refractivity contribution in [1.29, 1.82) is 0 Å². The van der Waals surface area contributed by atoms with E-state index in [1.54, 1.807) is 12.1 Å². The van der Waals surface area contributed by atoms with Crippen molar-refractivity contribution in [2.75, 3.05) is 19.6 Å². The van der Waals surface area contributed by atoms with Gasteiger partial charge < -0.3 is 10.2 Å². The Balaban J connectivity index is 1.64. The third-order valence-corrected chi connectivity index (χ3v) is 6.97. The number of likely N-dealkylation sites (tertiary alicyclic amines) is 1. The van der Waals surface area contributed by atoms with Gasteiger partial charge >= 0.3 is 6.03 Å². The van der Waals surface area contributed by atoms with Gasteiger partial charge in [-0.1, -0.05) is 31.9 Å². The first-order valence-electron chi connectivity index (χ1n) is 10.7. The van der Waals surface area contributed by atoms with Gasteiger partial charge in [-0.2, -0.15) is 0 Å². The van der Waals surface area contributed by atoms with Crippen LogP contribution in [0.4, 0.5) is 9.18 Å². The predicted molar refractivity (Wildman–Crippen MR) is 105 cm³/mol. The van der Waals surface area contributed by atoms with Crippen LogP contribution in [0.1, 0.15) is 51.0 Å². The number of nitrogens with zero attached hydrogens (tertiary/aromatic N) is 2. The van der Waals surface area contributed by atoms with E-state index in [0.717, 1.165) is 63.7 Å². The fourth-order valence-electron chi connectivity index (χ4n) is 5.31. The summed E-state index contributed by atoms with van der Waals surface area (Å²) in [7, 11) is 0. The molecule has 0 bridgehead atoms. The second-order valence-corrected chi connectivity index (χ2v) is 8.53. The summed E-state index contributed by atoms with van der Waals surface area (Å²) in [6, 6.07) is 6.11. The first-order chi connectivity index (χ1) is 13.5. The van der Waals surface area contributed by atoms with Gasteiger partial charge in [-0.25, -0.2) is 9.18 Å². The topological polar surface area (TPSA) is 52.7 Å². The van der Waals surface area contributed by atoms with Crippen molar-refractivity contribution >= 4 is 11.9 Å². The van der Waals surface area contributed by atoms with E-state index < -0.39 is 5.54 Å². The molecule has 28 heavy (non-hydrogen) atoms. The highest BCUT2D eigenvalue weighted by Crippen LogP contribution is 2.39. The molecule has 0 aromatic heterocycles. The minimum Gasteiger partial charge on any atom is -0.322 e. The number of imide groups is 1. The number of piperidine rings is 1. The molecule has 1 aromatic carbocycles. The lowest BCUT2D eigenvalue weighted by Crippen LogP contribution is -2.58. The van der Waals surface area contributed by atoms with Crippen LogP contribution in [-0.2, 0) is 11.2 Å². The Kier molecular flexibility index (Phi) is 5.41. The lowest BCUT2D eigenvalue weighted by atomic mass is 9.73. The molecule has 4 rings (SSSR count). The maximum atomic E-state index is 13.7. The molecule has 2 heterocycles. The quantitative estimate of drug-likeness (QED) is 0.789. The van der Waals surface area contributed by atoms with Gasteiger partial charge in [0.2, 0.25) is 0 Å². The number of urea groups is 1. The molecule has 1 saturated carbocycles. The fourth-order valence-corrected chi connectivity index (χ4v) is 5.31. The second kappa shape index (κ2) is 7.82. The third kappa shape index (κ3) is 3.43. The van der Waals surface area contributed by atoms with Crippen LogP contribution in [0.5, 0.6) is 0 Å². The van der Waals surface area contributed by atoms with E-state index in [1.807, 2.05) is 0 Å². The van der Waals surface area contributed by atoms with Crippen molar-refractivity contribution in [3.8, 4) is 0 Å². The zero-order chi connectivity index (χ0) is 19.7. The molecule has 1 aromatic rings. The number of benzene rings is 1. The van der Waals surface area contributed by atoms with Gasteiger partial charge in [-0.15, -0.1) is 0 Å². The van der Waals surface area contributed by atoms with Gasteiger partial charge in [0.05, 0.1) is 0 Å². The number of hydrogen-bond acceptors (Lipinski definition) is 3. The van der Waals surface area contributed by atoms with Crippen LogP contribution >= 0.6 is 0 Å². The molecule has 0 unspecified atom stereocenters. The Bertz CT molecular complexity index is 724. The van der Waals surface area contributed by atoms with Crippen molar-refractivity contribution in [3.63, 3.8) is 0 Å². The van der Waals surface area contributed by atoms with Crippen molar-refractivity contribution in [3.05, 3.63) is 35.6 Å². The average molecular weight is 387 g/mol. The molecular weight excluding hydrogens is 357 g/mol. The molecule has 6 heteroatoms. The van der Waals surface area contributed by atoms with Gasteiger partial charge in [0.25, 0.3) is 5.91 Å². The fraction of sp³-hybridized carbons (Fsp3) is 0.636. The molecule has 3 fully saturated rings. The van der Waals surface area contributed by atoms with E-state index in [-0.39, 0.29) is 29.7 Å². The number of halogens is 1. The van der Waals surface area contributed by atoms with Crippen molar-refractivity contribution in [1.82, 2.24) is 15.1 Å². The molecule has 152 valence electrons. The monoisotopic (exact) mass is 387 g/mol. The lowest BCUT2D eigenvalue weighted by molar-refractivity contribution is -0.135. The second-order valence-electron chi connectivity index (χ2n) is 8.53. The largest absolute Gasteiger partial charge is 0.325 e. The van der Waals surface area contributed by atoms with Crippen LogP contribution in [0.3, 0.4) is 0 Å². The third-order valence-electron chi connectivity index (χ3n) is 6.97. The number of hydrogen-bond donors (Lipinski definition) is 1. The smallest absolute Gasteiger partial charge is 0.322 e. The van der Waals surface area contributed by atoms with E-state index in [1.165, 1.54) is 17.0 Å². The number of carbonyl (C=O) groups excluding carboxylic acids is 2. The number of carbonyl (C=O) groups is 2. The Hall–Kier alpha value is -1.95. The minimum absolute atomic E-state index is 0.0262. The summed E-state index contributed by atoms with van der Waals surface area (Å²) in [5.41, 5.74) is -0.0154. The van der Waals surface area contributed by atoms with Gasteiger partial charge in [0, 0.05) is 12.5 Å². The standard InChI is InChI=1S/C22H30FN3O2/c1-2-25-13-11-17(12-14-25)22(15-16-7-9-18(23)10-8-16)20(27)26(21(28)24-22)19-5-3-4-6-19/h7-10,17,19H,2-6,11-15H2,1H3,(H,24,28)/t22-/m1/s1. The summed E-state index contributed by atoms with van der Waals surface area (Å²) in [6.07, 6.45) is 6.15. The number of nitrogens with one attached hydrogen (secondary N) is 1. The van der Waals surface area contributed by atoms with E-state index in [9.17, 15) is 14.0 Å². The normalized spacial score (nSPS) is 27.6. The van der Waals surface area contributed by atoms with Crippen LogP contribution < -0.4 is 5.32 Å². The highest BCUT2D eigenvalue weighted by molar-refractivity contribution is 6.07. The molecule has 0 radical (unpaired) electrons. The Morgan fingerprint density at radius 2 is 1.71 bits per heavy atom. The van der Waals surface area contributed by atoms with Crippen molar-refractivity contribution in [2.45, 2.75) is 63.5 Å². The van der Waals surface area contributed by atoms with Crippen LogP contribution in [0.25, 0.3) is 0 Å². The highest BCUT2D eigenvalue weighted by Gasteiger charge is 2.57. The van der Waals surface area contributed by atoms with Gasteiger partial charge in [-0.05, 0) is 68.9 Å². The number of amides is 3. The Morgan fingerprint density at radius 1 is 1.07 bits per heavy atom. The first kappa shape index (κ1) is 19.4. The van der Waals surface area contributed by atoms with Crippen LogP contribution in [0, 0.1) is 11.7 Å². The van der Waals surface area contributed by atoms with E-state index in [4.69, 9.17) is 0 Å². The molecule has 1 atom stereocenters. The highest BCUT2D eigenvalue weighted by atomic mass is 19.1. The summed E-state index contributed by atoms with van der Waals surface area (Å²) in [4.78, 5) is 30.5. The number of rotatable bonds is 5. The van der Waals surface area contributed by atoms with Gasteiger partial charge in [0.1, 0.15) is 11.4 Å². The maximum Gasteiger partial charge on any atom is 0.325 e. The summed E-state index contributed by atoms with van der Waals surface area (Å²) >= 11 is 0. The van der Waals surface area contributed by atoms with E-state index in [0.29, 0.717) is 6.42 Å². The molecule has 2 saturated heterocycles. The lowest BCUT2D eigenvalue weighted by Gasteiger charge is -2.41. The molecule has 0 spiro atoms. The molecule has 2 aliphatic heterocycles. The molecule has 1 N–H and O–H groups in total.